The first kappa shape index (κ1) is 31.1. The average Bonchev–Trinajstić information content (AvgIpc) is 2.64. The highest BCUT2D eigenvalue weighted by Crippen LogP contribution is 2.36. The van der Waals surface area contributed by atoms with Gasteiger partial charge in [-0.25, -0.2) is 4.79 Å². The van der Waals surface area contributed by atoms with E-state index in [2.05, 4.69) is 39.2 Å². The minimum atomic E-state index is -2.02. The fourth-order valence-electron chi connectivity index (χ4n) is 2.83. The standard InChI is InChI=1S/C25H51NO5Si/c1-24(2,3)31-23(29)26-21(20-30-32(7,8)25(4,5)6)22(28)18-16-14-12-10-9-11-13-15-17-19-27/h16,18,21-22,27-28H,9-15,17,19-20H2,1-8H3,(H,26,29)/b18-16+/t21-,22+/m0/s1. The number of carbonyl (C=O) groups is 1. The van der Waals surface area contributed by atoms with Gasteiger partial charge in [0.05, 0.1) is 18.8 Å². The molecule has 32 heavy (non-hydrogen) atoms. The van der Waals surface area contributed by atoms with E-state index in [-0.39, 0.29) is 18.3 Å². The highest BCUT2D eigenvalue weighted by molar-refractivity contribution is 6.74. The van der Waals surface area contributed by atoms with E-state index in [1.165, 1.54) is 19.3 Å². The highest BCUT2D eigenvalue weighted by atomic mass is 28.4. The number of hydrogen-bond donors (Lipinski definition) is 3. The monoisotopic (exact) mass is 473 g/mol. The predicted molar refractivity (Wildman–Crippen MR) is 135 cm³/mol. The lowest BCUT2D eigenvalue weighted by atomic mass is 10.1. The molecular weight excluding hydrogens is 422 g/mol. The van der Waals surface area contributed by atoms with Crippen molar-refractivity contribution in [2.75, 3.05) is 13.2 Å². The van der Waals surface area contributed by atoms with Gasteiger partial charge in [0.1, 0.15) is 5.60 Å². The van der Waals surface area contributed by atoms with Crippen molar-refractivity contribution in [1.29, 1.82) is 0 Å². The minimum absolute atomic E-state index is 0.0440. The molecule has 0 spiro atoms. The van der Waals surface area contributed by atoms with Crippen LogP contribution in [0.5, 0.6) is 0 Å². The first-order valence-electron chi connectivity index (χ1n) is 12.3. The molecule has 2 atom stereocenters. The van der Waals surface area contributed by atoms with Gasteiger partial charge in [0, 0.05) is 6.61 Å². The molecule has 0 fully saturated rings. The van der Waals surface area contributed by atoms with Gasteiger partial charge in [-0.15, -0.1) is 0 Å². The van der Waals surface area contributed by atoms with Crippen molar-refractivity contribution in [3.63, 3.8) is 0 Å². The van der Waals surface area contributed by atoms with E-state index in [9.17, 15) is 9.90 Å². The number of aliphatic hydroxyl groups is 2. The van der Waals surface area contributed by atoms with Crippen molar-refractivity contribution in [2.45, 2.75) is 129 Å². The summed E-state index contributed by atoms with van der Waals surface area (Å²) in [5, 5.41) is 22.4. The molecule has 0 saturated heterocycles. The molecule has 0 heterocycles. The first-order valence-corrected chi connectivity index (χ1v) is 15.2. The van der Waals surface area contributed by atoms with Gasteiger partial charge in [-0.1, -0.05) is 65.0 Å². The normalized spacial score (nSPS) is 15.1. The summed E-state index contributed by atoms with van der Waals surface area (Å²) in [4.78, 5) is 12.3. The maximum atomic E-state index is 12.3. The summed E-state index contributed by atoms with van der Waals surface area (Å²) < 4.78 is 11.6. The van der Waals surface area contributed by atoms with Crippen LogP contribution in [0.2, 0.25) is 18.1 Å². The van der Waals surface area contributed by atoms with E-state index < -0.39 is 32.2 Å². The van der Waals surface area contributed by atoms with E-state index in [4.69, 9.17) is 14.3 Å². The van der Waals surface area contributed by atoms with Crippen LogP contribution in [0.4, 0.5) is 4.79 Å². The van der Waals surface area contributed by atoms with Gasteiger partial charge in [0.2, 0.25) is 0 Å². The summed E-state index contributed by atoms with van der Waals surface area (Å²) in [5.74, 6) is 0. The number of aliphatic hydroxyl groups excluding tert-OH is 2. The van der Waals surface area contributed by atoms with E-state index in [1.54, 1.807) is 6.08 Å². The summed E-state index contributed by atoms with van der Waals surface area (Å²) in [6.45, 7) is 16.8. The van der Waals surface area contributed by atoms with E-state index in [0.717, 1.165) is 32.1 Å². The smallest absolute Gasteiger partial charge is 0.408 e. The SMILES string of the molecule is CC(C)(C)OC(=O)N[C@@H](CO[Si](C)(C)C(C)(C)C)[C@H](O)/C=C/CCCCCCCCCO. The molecule has 0 unspecified atom stereocenters. The van der Waals surface area contributed by atoms with Crippen LogP contribution in [0.25, 0.3) is 0 Å². The largest absolute Gasteiger partial charge is 0.444 e. The third kappa shape index (κ3) is 15.0. The third-order valence-electron chi connectivity index (χ3n) is 5.91. The van der Waals surface area contributed by atoms with Crippen molar-refractivity contribution in [2.24, 2.45) is 0 Å². The van der Waals surface area contributed by atoms with Crippen LogP contribution in [0.15, 0.2) is 12.2 Å². The molecule has 0 aliphatic rings. The Balaban J connectivity index is 4.70. The minimum Gasteiger partial charge on any atom is -0.444 e. The third-order valence-corrected chi connectivity index (χ3v) is 10.4. The van der Waals surface area contributed by atoms with Gasteiger partial charge < -0.3 is 24.7 Å². The number of carbonyl (C=O) groups excluding carboxylic acids is 1. The number of amides is 1. The van der Waals surface area contributed by atoms with Crippen LogP contribution in [-0.4, -0.2) is 55.6 Å². The van der Waals surface area contributed by atoms with Crippen LogP contribution < -0.4 is 5.32 Å². The number of alkyl carbamates (subject to hydrolysis) is 1. The number of unbranched alkanes of at least 4 members (excludes halogenated alkanes) is 7. The Labute approximate surface area is 198 Å². The second kappa shape index (κ2) is 15.1. The zero-order valence-electron chi connectivity index (χ0n) is 22.0. The summed E-state index contributed by atoms with van der Waals surface area (Å²) in [7, 11) is -2.02. The lowest BCUT2D eigenvalue weighted by Crippen LogP contribution is -2.51. The number of nitrogens with one attached hydrogen (secondary N) is 1. The molecule has 190 valence electrons. The zero-order chi connectivity index (χ0) is 24.8. The molecular formula is C25H51NO5Si. The van der Waals surface area contributed by atoms with Crippen molar-refractivity contribution in [3.8, 4) is 0 Å². The van der Waals surface area contributed by atoms with Crippen molar-refractivity contribution >= 4 is 14.4 Å². The van der Waals surface area contributed by atoms with Gasteiger partial charge in [-0.3, -0.25) is 0 Å². The van der Waals surface area contributed by atoms with E-state index >= 15 is 0 Å². The van der Waals surface area contributed by atoms with Gasteiger partial charge in [-0.05, 0) is 58.2 Å². The second-order valence-corrected chi connectivity index (χ2v) is 16.0. The number of rotatable bonds is 15. The van der Waals surface area contributed by atoms with E-state index in [0.29, 0.717) is 0 Å². The van der Waals surface area contributed by atoms with Gasteiger partial charge in [0.15, 0.2) is 8.32 Å². The first-order chi connectivity index (χ1) is 14.7. The fourth-order valence-corrected chi connectivity index (χ4v) is 3.86. The van der Waals surface area contributed by atoms with Crippen LogP contribution in [0, 0.1) is 0 Å². The zero-order valence-corrected chi connectivity index (χ0v) is 23.0. The van der Waals surface area contributed by atoms with Crippen molar-refractivity contribution in [1.82, 2.24) is 5.32 Å². The second-order valence-electron chi connectivity index (χ2n) is 11.2. The Morgan fingerprint density at radius 1 is 0.969 bits per heavy atom. The van der Waals surface area contributed by atoms with Crippen molar-refractivity contribution < 1.29 is 24.2 Å². The molecule has 1 amide bonds. The summed E-state index contributed by atoms with van der Waals surface area (Å²) in [6.07, 6.45) is 11.1. The molecule has 0 aliphatic heterocycles. The summed E-state index contributed by atoms with van der Waals surface area (Å²) in [6, 6.07) is -0.568. The maximum Gasteiger partial charge on any atom is 0.408 e. The lowest BCUT2D eigenvalue weighted by Gasteiger charge is -2.37. The Kier molecular flexibility index (Phi) is 14.7. The average molecular weight is 474 g/mol. The lowest BCUT2D eigenvalue weighted by molar-refractivity contribution is 0.0411. The van der Waals surface area contributed by atoms with Crippen LogP contribution in [0.3, 0.4) is 0 Å². The van der Waals surface area contributed by atoms with Gasteiger partial charge in [-0.2, -0.15) is 0 Å². The molecule has 0 aliphatic carbocycles. The summed E-state index contributed by atoms with van der Waals surface area (Å²) >= 11 is 0. The molecule has 0 radical (unpaired) electrons. The van der Waals surface area contributed by atoms with Gasteiger partial charge >= 0.3 is 6.09 Å². The number of ether oxygens (including phenoxy) is 1. The Bertz CT molecular complexity index is 537. The van der Waals surface area contributed by atoms with Crippen molar-refractivity contribution in [3.05, 3.63) is 12.2 Å². The molecule has 7 heteroatoms. The molecule has 6 nitrogen and oxygen atoms in total. The fraction of sp³-hybridized carbons (Fsp3) is 0.880. The quantitative estimate of drug-likeness (QED) is 0.156. The number of hydrogen-bond acceptors (Lipinski definition) is 5. The highest BCUT2D eigenvalue weighted by Gasteiger charge is 2.38. The van der Waals surface area contributed by atoms with Crippen LogP contribution >= 0.6 is 0 Å². The van der Waals surface area contributed by atoms with E-state index in [1.807, 2.05) is 26.8 Å². The molecule has 0 aromatic heterocycles. The molecule has 0 rings (SSSR count). The van der Waals surface area contributed by atoms with Crippen LogP contribution in [0.1, 0.15) is 92.9 Å². The predicted octanol–water partition coefficient (Wildman–Crippen LogP) is 5.93. The van der Waals surface area contributed by atoms with Gasteiger partial charge in [0.25, 0.3) is 0 Å². The Hall–Kier alpha value is -0.893. The topological polar surface area (TPSA) is 88.0 Å². The summed E-state index contributed by atoms with van der Waals surface area (Å²) in [5.41, 5.74) is -0.603. The molecule has 0 saturated carbocycles. The molecule has 0 bridgehead atoms. The Morgan fingerprint density at radius 3 is 2.00 bits per heavy atom. The molecule has 0 aromatic carbocycles. The molecule has 3 N–H and O–H groups in total. The van der Waals surface area contributed by atoms with Crippen LogP contribution in [-0.2, 0) is 9.16 Å². The Morgan fingerprint density at radius 2 is 1.50 bits per heavy atom. The molecule has 0 aromatic rings. The maximum absolute atomic E-state index is 12.3. The number of allylic oxidation sites excluding steroid dienone is 1.